The third kappa shape index (κ3) is 3.74. The summed E-state index contributed by atoms with van der Waals surface area (Å²) in [5.41, 5.74) is 2.36. The Morgan fingerprint density at radius 3 is 2.65 bits per heavy atom. The second-order valence-corrected chi connectivity index (χ2v) is 6.62. The standard InChI is InChI=1S/C20H22FN3O2/c1-13(12-17-6-4-5-11-22-17)24(3)20(25)19-14(2)18(23-26-19)15-7-9-16(21)10-8-15/h4-11,13-14,19H,12H2,1-3H3/t13-,14-,19-/m1/s1. The molecule has 6 heteroatoms. The summed E-state index contributed by atoms with van der Waals surface area (Å²) in [5, 5.41) is 4.08. The van der Waals surface area contributed by atoms with E-state index >= 15 is 0 Å². The molecule has 26 heavy (non-hydrogen) atoms. The average Bonchev–Trinajstić information content (AvgIpc) is 3.03. The second-order valence-electron chi connectivity index (χ2n) is 6.62. The van der Waals surface area contributed by atoms with Crippen LogP contribution in [-0.4, -0.2) is 40.7 Å². The fraction of sp³-hybridized carbons (Fsp3) is 0.350. The Balaban J connectivity index is 1.65. The number of amides is 1. The molecule has 1 aliphatic rings. The Kier molecular flexibility index (Phi) is 5.30. The molecule has 5 nitrogen and oxygen atoms in total. The fourth-order valence-corrected chi connectivity index (χ4v) is 3.00. The van der Waals surface area contributed by atoms with Gasteiger partial charge in [0, 0.05) is 31.4 Å². The first-order valence-corrected chi connectivity index (χ1v) is 8.63. The van der Waals surface area contributed by atoms with Gasteiger partial charge in [0.05, 0.1) is 11.6 Å². The number of carbonyl (C=O) groups excluding carboxylic acids is 1. The molecule has 0 saturated carbocycles. The van der Waals surface area contributed by atoms with Crippen LogP contribution in [0.3, 0.4) is 0 Å². The summed E-state index contributed by atoms with van der Waals surface area (Å²) in [6, 6.07) is 11.8. The number of hydrogen-bond donors (Lipinski definition) is 0. The van der Waals surface area contributed by atoms with Crippen LogP contribution in [0.4, 0.5) is 4.39 Å². The molecule has 1 aliphatic heterocycles. The van der Waals surface area contributed by atoms with Crippen molar-refractivity contribution >= 4 is 11.6 Å². The zero-order valence-corrected chi connectivity index (χ0v) is 15.1. The molecule has 3 atom stereocenters. The van der Waals surface area contributed by atoms with Crippen molar-refractivity contribution in [2.75, 3.05) is 7.05 Å². The number of aromatic nitrogens is 1. The van der Waals surface area contributed by atoms with E-state index in [4.69, 9.17) is 4.84 Å². The average molecular weight is 355 g/mol. The molecular weight excluding hydrogens is 333 g/mol. The smallest absolute Gasteiger partial charge is 0.267 e. The van der Waals surface area contributed by atoms with E-state index in [2.05, 4.69) is 10.1 Å². The van der Waals surface area contributed by atoms with Crippen LogP contribution in [0.15, 0.2) is 53.8 Å². The van der Waals surface area contributed by atoms with E-state index in [-0.39, 0.29) is 23.7 Å². The maximum absolute atomic E-state index is 13.1. The van der Waals surface area contributed by atoms with E-state index in [0.29, 0.717) is 12.1 Å². The van der Waals surface area contributed by atoms with Gasteiger partial charge in [0.2, 0.25) is 6.10 Å². The van der Waals surface area contributed by atoms with E-state index < -0.39 is 6.10 Å². The van der Waals surface area contributed by atoms with Crippen LogP contribution in [0.25, 0.3) is 0 Å². The number of likely N-dealkylation sites (N-methyl/N-ethyl adjacent to an activating group) is 1. The van der Waals surface area contributed by atoms with Crippen molar-refractivity contribution < 1.29 is 14.0 Å². The number of benzene rings is 1. The third-order valence-electron chi connectivity index (χ3n) is 4.77. The molecular formula is C20H22FN3O2. The first-order chi connectivity index (χ1) is 12.5. The van der Waals surface area contributed by atoms with Crippen molar-refractivity contribution in [1.82, 2.24) is 9.88 Å². The summed E-state index contributed by atoms with van der Waals surface area (Å²) in [6.45, 7) is 3.88. The highest BCUT2D eigenvalue weighted by molar-refractivity contribution is 6.05. The molecule has 0 radical (unpaired) electrons. The number of rotatable bonds is 5. The Labute approximate surface area is 152 Å². The topological polar surface area (TPSA) is 54.8 Å². The van der Waals surface area contributed by atoms with Gasteiger partial charge in [-0.3, -0.25) is 9.78 Å². The molecule has 0 saturated heterocycles. The van der Waals surface area contributed by atoms with Crippen LogP contribution in [-0.2, 0) is 16.1 Å². The lowest BCUT2D eigenvalue weighted by Crippen LogP contribution is -2.45. The maximum Gasteiger partial charge on any atom is 0.267 e. The molecule has 1 amide bonds. The molecule has 2 heterocycles. The molecule has 0 unspecified atom stereocenters. The van der Waals surface area contributed by atoms with Crippen molar-refractivity contribution in [3.8, 4) is 0 Å². The van der Waals surface area contributed by atoms with Gasteiger partial charge < -0.3 is 9.74 Å². The van der Waals surface area contributed by atoms with Gasteiger partial charge in [-0.05, 0) is 36.8 Å². The van der Waals surface area contributed by atoms with Crippen molar-refractivity contribution in [2.24, 2.45) is 11.1 Å². The molecule has 2 aromatic rings. The first-order valence-electron chi connectivity index (χ1n) is 8.63. The first kappa shape index (κ1) is 18.0. The number of oxime groups is 1. The van der Waals surface area contributed by atoms with Crippen LogP contribution in [0, 0.1) is 11.7 Å². The Hall–Kier alpha value is -2.76. The summed E-state index contributed by atoms with van der Waals surface area (Å²) >= 11 is 0. The predicted octanol–water partition coefficient (Wildman–Crippen LogP) is 3.05. The van der Waals surface area contributed by atoms with Gasteiger partial charge in [-0.25, -0.2) is 4.39 Å². The van der Waals surface area contributed by atoms with Gasteiger partial charge in [-0.2, -0.15) is 0 Å². The van der Waals surface area contributed by atoms with Gasteiger partial charge in [0.15, 0.2) is 0 Å². The van der Waals surface area contributed by atoms with E-state index in [9.17, 15) is 9.18 Å². The Morgan fingerprint density at radius 1 is 1.27 bits per heavy atom. The predicted molar refractivity (Wildman–Crippen MR) is 97.1 cm³/mol. The summed E-state index contributed by atoms with van der Waals surface area (Å²) in [7, 11) is 1.77. The third-order valence-corrected chi connectivity index (χ3v) is 4.77. The number of pyridine rings is 1. The van der Waals surface area contributed by atoms with Crippen LogP contribution >= 0.6 is 0 Å². The van der Waals surface area contributed by atoms with Gasteiger partial charge in [0.25, 0.3) is 5.91 Å². The summed E-state index contributed by atoms with van der Waals surface area (Å²) in [5.74, 6) is -0.643. The van der Waals surface area contributed by atoms with Crippen molar-refractivity contribution in [3.63, 3.8) is 0 Å². The lowest BCUT2D eigenvalue weighted by atomic mass is 9.93. The number of hydrogen-bond acceptors (Lipinski definition) is 4. The van der Waals surface area contributed by atoms with Crippen molar-refractivity contribution in [1.29, 1.82) is 0 Å². The SMILES string of the molecule is C[C@@H]1C(c2ccc(F)cc2)=NO[C@H]1C(=O)N(C)[C@H](C)Cc1ccccn1. The van der Waals surface area contributed by atoms with Crippen LogP contribution in [0.1, 0.15) is 25.1 Å². The van der Waals surface area contributed by atoms with E-state index in [0.717, 1.165) is 11.3 Å². The highest BCUT2D eigenvalue weighted by Crippen LogP contribution is 2.25. The number of carbonyl (C=O) groups is 1. The highest BCUT2D eigenvalue weighted by Gasteiger charge is 2.39. The fourth-order valence-electron chi connectivity index (χ4n) is 3.00. The Bertz CT molecular complexity index is 792. The largest absolute Gasteiger partial charge is 0.381 e. The molecule has 0 spiro atoms. The zero-order chi connectivity index (χ0) is 18.7. The van der Waals surface area contributed by atoms with Crippen molar-refractivity contribution in [3.05, 3.63) is 65.7 Å². The maximum atomic E-state index is 13.1. The van der Waals surface area contributed by atoms with Gasteiger partial charge in [0.1, 0.15) is 5.82 Å². The van der Waals surface area contributed by atoms with E-state index in [1.165, 1.54) is 12.1 Å². The highest BCUT2D eigenvalue weighted by atomic mass is 19.1. The van der Waals surface area contributed by atoms with E-state index in [1.807, 2.05) is 32.0 Å². The lowest BCUT2D eigenvalue weighted by Gasteiger charge is -2.27. The zero-order valence-electron chi connectivity index (χ0n) is 15.1. The monoisotopic (exact) mass is 355 g/mol. The van der Waals surface area contributed by atoms with Crippen molar-refractivity contribution in [2.45, 2.75) is 32.4 Å². The molecule has 1 aromatic heterocycles. The normalized spacial score (nSPS) is 20.2. The van der Waals surface area contributed by atoms with E-state index in [1.54, 1.807) is 30.3 Å². The number of halogens is 1. The quantitative estimate of drug-likeness (QED) is 0.828. The second kappa shape index (κ2) is 7.64. The molecule has 3 rings (SSSR count). The van der Waals surface area contributed by atoms with Crippen LogP contribution < -0.4 is 0 Å². The van der Waals surface area contributed by atoms with Gasteiger partial charge >= 0.3 is 0 Å². The minimum Gasteiger partial charge on any atom is -0.381 e. The molecule has 136 valence electrons. The summed E-state index contributed by atoms with van der Waals surface area (Å²) in [6.07, 6.45) is 1.73. The minimum absolute atomic E-state index is 0.0249. The molecule has 0 aliphatic carbocycles. The lowest BCUT2D eigenvalue weighted by molar-refractivity contribution is -0.144. The molecule has 0 N–H and O–H groups in total. The van der Waals surface area contributed by atoms with Crippen LogP contribution in [0.2, 0.25) is 0 Å². The summed E-state index contributed by atoms with van der Waals surface area (Å²) in [4.78, 5) is 24.3. The summed E-state index contributed by atoms with van der Waals surface area (Å²) < 4.78 is 13.1. The Morgan fingerprint density at radius 2 is 2.00 bits per heavy atom. The van der Waals surface area contributed by atoms with Gasteiger partial charge in [-0.1, -0.05) is 30.3 Å². The van der Waals surface area contributed by atoms with Crippen LogP contribution in [0.5, 0.6) is 0 Å². The minimum atomic E-state index is -0.675. The molecule has 0 bridgehead atoms. The molecule has 1 aromatic carbocycles. The van der Waals surface area contributed by atoms with Gasteiger partial charge in [-0.15, -0.1) is 0 Å². The number of nitrogens with zero attached hydrogens (tertiary/aromatic N) is 3. The molecule has 0 fully saturated rings.